The number of ether oxygens (including phenoxy) is 1. The molecule has 0 saturated carbocycles. The van der Waals surface area contributed by atoms with E-state index in [0.717, 1.165) is 35.0 Å². The van der Waals surface area contributed by atoms with E-state index in [-0.39, 0.29) is 11.5 Å². The first-order valence-corrected chi connectivity index (χ1v) is 9.48. The van der Waals surface area contributed by atoms with Crippen LogP contribution in [0, 0.1) is 0 Å². The average molecular weight is 378 g/mol. The predicted octanol–water partition coefficient (Wildman–Crippen LogP) is 5.15. The van der Waals surface area contributed by atoms with Gasteiger partial charge in [-0.05, 0) is 62.4 Å². The summed E-state index contributed by atoms with van der Waals surface area (Å²) < 4.78 is 5.86. The Hall–Kier alpha value is -2.72. The third-order valence-corrected chi connectivity index (χ3v) is 5.23. The number of carbonyl (C=O) groups is 2. The van der Waals surface area contributed by atoms with E-state index in [9.17, 15) is 14.7 Å². The molecule has 1 aliphatic heterocycles. The summed E-state index contributed by atoms with van der Waals surface area (Å²) in [6.45, 7) is 9.03. The van der Waals surface area contributed by atoms with Gasteiger partial charge in [0, 0.05) is 5.56 Å². The second-order valence-electron chi connectivity index (χ2n) is 8.14. The van der Waals surface area contributed by atoms with Crippen LogP contribution < -0.4 is 0 Å². The lowest BCUT2D eigenvalue weighted by atomic mass is 9.80. The molecule has 1 N–H and O–H groups in total. The smallest absolute Gasteiger partial charge is 0.198 e. The molecule has 28 heavy (non-hydrogen) atoms. The van der Waals surface area contributed by atoms with Crippen LogP contribution in [-0.2, 0) is 16.0 Å². The van der Waals surface area contributed by atoms with Crippen LogP contribution in [-0.4, -0.2) is 28.4 Å². The minimum absolute atomic E-state index is 0.0417. The molecule has 0 fully saturated rings. The van der Waals surface area contributed by atoms with Crippen molar-refractivity contribution in [2.45, 2.75) is 52.2 Å². The SMILES string of the molecule is CCc1ccc(-c2ccc(C=O)cc2)cc1C1=C(O)C(C)(C)OC(C)(C)C1=O. The molecule has 3 rings (SSSR count). The molecular weight excluding hydrogens is 352 g/mol. The first-order valence-electron chi connectivity index (χ1n) is 9.48. The highest BCUT2D eigenvalue weighted by molar-refractivity contribution is 6.26. The number of rotatable bonds is 4. The average Bonchev–Trinajstić information content (AvgIpc) is 2.66. The molecule has 0 radical (unpaired) electrons. The summed E-state index contributed by atoms with van der Waals surface area (Å²) in [4.78, 5) is 24.1. The van der Waals surface area contributed by atoms with Crippen LogP contribution in [0.1, 0.15) is 56.1 Å². The molecule has 146 valence electrons. The Kier molecular flexibility index (Phi) is 5.02. The second-order valence-corrected chi connectivity index (χ2v) is 8.14. The monoisotopic (exact) mass is 378 g/mol. The van der Waals surface area contributed by atoms with Gasteiger partial charge in [-0.25, -0.2) is 0 Å². The number of aliphatic hydroxyl groups is 1. The van der Waals surface area contributed by atoms with Crippen LogP contribution in [0.5, 0.6) is 0 Å². The van der Waals surface area contributed by atoms with E-state index in [1.54, 1.807) is 39.8 Å². The molecule has 1 aliphatic rings. The summed E-state index contributed by atoms with van der Waals surface area (Å²) in [7, 11) is 0. The summed E-state index contributed by atoms with van der Waals surface area (Å²) in [6, 6.07) is 13.2. The molecule has 0 aliphatic carbocycles. The van der Waals surface area contributed by atoms with E-state index >= 15 is 0 Å². The van der Waals surface area contributed by atoms with Crippen LogP contribution in [0.4, 0.5) is 0 Å². The summed E-state index contributed by atoms with van der Waals surface area (Å²) in [6.07, 6.45) is 1.54. The Bertz CT molecular complexity index is 963. The fraction of sp³-hybridized carbons (Fsp3) is 0.333. The maximum atomic E-state index is 13.2. The predicted molar refractivity (Wildman–Crippen MR) is 110 cm³/mol. The first-order chi connectivity index (χ1) is 13.1. The Morgan fingerprint density at radius 2 is 1.57 bits per heavy atom. The van der Waals surface area contributed by atoms with Crippen molar-refractivity contribution in [1.82, 2.24) is 0 Å². The number of Topliss-reactive ketones (excluding diaryl/α,β-unsaturated/α-hetero) is 1. The van der Waals surface area contributed by atoms with Gasteiger partial charge in [-0.3, -0.25) is 9.59 Å². The third kappa shape index (κ3) is 3.40. The van der Waals surface area contributed by atoms with Gasteiger partial charge in [0.05, 0.1) is 5.57 Å². The molecule has 2 aromatic rings. The molecular formula is C24H26O4. The zero-order valence-corrected chi connectivity index (χ0v) is 17.0. The lowest BCUT2D eigenvalue weighted by Crippen LogP contribution is -2.49. The van der Waals surface area contributed by atoms with Crippen LogP contribution >= 0.6 is 0 Å². The number of hydrogen-bond donors (Lipinski definition) is 1. The van der Waals surface area contributed by atoms with E-state index in [4.69, 9.17) is 4.74 Å². The van der Waals surface area contributed by atoms with Crippen molar-refractivity contribution in [1.29, 1.82) is 0 Å². The molecule has 2 aromatic carbocycles. The van der Waals surface area contributed by atoms with Gasteiger partial charge in [-0.2, -0.15) is 0 Å². The standard InChI is InChI=1S/C24H26O4/c1-6-16-11-12-18(17-9-7-15(14-25)8-10-17)13-19(16)20-21(26)23(2,3)28-24(4,5)22(20)27/h7-14,26H,6H2,1-5H3. The van der Waals surface area contributed by atoms with Crippen LogP contribution in [0.3, 0.4) is 0 Å². The summed E-state index contributed by atoms with van der Waals surface area (Å²) in [5.41, 5.74) is 2.51. The zero-order chi connectivity index (χ0) is 20.7. The maximum Gasteiger partial charge on any atom is 0.198 e. The van der Waals surface area contributed by atoms with E-state index in [0.29, 0.717) is 11.1 Å². The van der Waals surface area contributed by atoms with Gasteiger partial charge in [0.2, 0.25) is 0 Å². The Balaban J connectivity index is 2.22. The van der Waals surface area contributed by atoms with Crippen LogP contribution in [0.25, 0.3) is 16.7 Å². The van der Waals surface area contributed by atoms with Crippen LogP contribution in [0.15, 0.2) is 48.2 Å². The Labute approximate surface area is 165 Å². The van der Waals surface area contributed by atoms with E-state index in [1.807, 2.05) is 37.3 Å². The molecule has 0 amide bonds. The summed E-state index contributed by atoms with van der Waals surface area (Å²) >= 11 is 0. The van der Waals surface area contributed by atoms with Crippen LogP contribution in [0.2, 0.25) is 0 Å². The van der Waals surface area contributed by atoms with Crippen molar-refractivity contribution in [3.05, 3.63) is 64.9 Å². The molecule has 4 nitrogen and oxygen atoms in total. The fourth-order valence-electron chi connectivity index (χ4n) is 3.74. The maximum absolute atomic E-state index is 13.2. The van der Waals surface area contributed by atoms with Gasteiger partial charge in [0.1, 0.15) is 23.2 Å². The van der Waals surface area contributed by atoms with Crippen molar-refractivity contribution in [2.24, 2.45) is 0 Å². The molecule has 0 aromatic heterocycles. The molecule has 0 bridgehead atoms. The number of aryl methyl sites for hydroxylation is 1. The highest BCUT2D eigenvalue weighted by atomic mass is 16.5. The van der Waals surface area contributed by atoms with E-state index < -0.39 is 11.2 Å². The molecule has 0 atom stereocenters. The largest absolute Gasteiger partial charge is 0.508 e. The summed E-state index contributed by atoms with van der Waals surface area (Å²) in [5, 5.41) is 10.9. The van der Waals surface area contributed by atoms with Crippen molar-refractivity contribution in [3.8, 4) is 11.1 Å². The van der Waals surface area contributed by atoms with Gasteiger partial charge < -0.3 is 9.84 Å². The third-order valence-electron chi connectivity index (χ3n) is 5.23. The van der Waals surface area contributed by atoms with E-state index in [2.05, 4.69) is 0 Å². The molecule has 0 unspecified atom stereocenters. The Morgan fingerprint density at radius 3 is 2.14 bits per heavy atom. The van der Waals surface area contributed by atoms with E-state index in [1.165, 1.54) is 0 Å². The molecule has 0 spiro atoms. The van der Waals surface area contributed by atoms with Gasteiger partial charge in [-0.15, -0.1) is 0 Å². The first kappa shape index (κ1) is 20.0. The molecule has 4 heteroatoms. The molecule has 0 saturated heterocycles. The number of aldehydes is 1. The lowest BCUT2D eigenvalue weighted by Gasteiger charge is -2.40. The van der Waals surface area contributed by atoms with Crippen molar-refractivity contribution in [3.63, 3.8) is 0 Å². The van der Waals surface area contributed by atoms with Crippen molar-refractivity contribution in [2.75, 3.05) is 0 Å². The minimum atomic E-state index is -1.03. The van der Waals surface area contributed by atoms with Crippen molar-refractivity contribution >= 4 is 17.6 Å². The van der Waals surface area contributed by atoms with Gasteiger partial charge in [0.15, 0.2) is 5.78 Å². The Morgan fingerprint density at radius 1 is 0.964 bits per heavy atom. The van der Waals surface area contributed by atoms with Gasteiger partial charge in [-0.1, -0.05) is 43.3 Å². The quantitative estimate of drug-likeness (QED) is 0.747. The number of benzene rings is 2. The van der Waals surface area contributed by atoms with Gasteiger partial charge >= 0.3 is 0 Å². The minimum Gasteiger partial charge on any atom is -0.508 e. The molecule has 1 heterocycles. The topological polar surface area (TPSA) is 63.6 Å². The lowest BCUT2D eigenvalue weighted by molar-refractivity contribution is -0.158. The summed E-state index contributed by atoms with van der Waals surface area (Å²) in [5.74, 6) is -0.271. The van der Waals surface area contributed by atoms with Gasteiger partial charge in [0.25, 0.3) is 0 Å². The van der Waals surface area contributed by atoms with Crippen molar-refractivity contribution < 1.29 is 19.4 Å². The second kappa shape index (κ2) is 7.02. The highest BCUT2D eigenvalue weighted by Crippen LogP contribution is 2.41. The number of carbonyl (C=O) groups excluding carboxylic acids is 2. The zero-order valence-electron chi connectivity index (χ0n) is 17.0. The normalized spacial score (nSPS) is 18.2. The number of hydrogen-bond acceptors (Lipinski definition) is 4. The highest BCUT2D eigenvalue weighted by Gasteiger charge is 2.47. The number of ketones is 1. The fourth-order valence-corrected chi connectivity index (χ4v) is 3.74. The number of aliphatic hydroxyl groups excluding tert-OH is 1.